The van der Waals surface area contributed by atoms with Crippen LogP contribution in [0.5, 0.6) is 0 Å². The number of ether oxygens (including phenoxy) is 1. The number of morpholine rings is 1. The molecule has 0 spiro atoms. The van der Waals surface area contributed by atoms with Gasteiger partial charge in [-0.2, -0.15) is 5.10 Å². The van der Waals surface area contributed by atoms with Gasteiger partial charge in [0.05, 0.1) is 30.2 Å². The van der Waals surface area contributed by atoms with E-state index in [-0.39, 0.29) is 29.3 Å². The molecular formula is C18H23N5O5S. The minimum absolute atomic E-state index is 0.151. The molecule has 2 aromatic rings. The van der Waals surface area contributed by atoms with Crippen LogP contribution in [0.15, 0.2) is 24.3 Å². The van der Waals surface area contributed by atoms with E-state index in [1.807, 2.05) is 0 Å². The van der Waals surface area contributed by atoms with Crippen LogP contribution in [0.1, 0.15) is 32.1 Å². The molecule has 156 valence electrons. The van der Waals surface area contributed by atoms with E-state index in [2.05, 4.69) is 5.10 Å². The van der Waals surface area contributed by atoms with E-state index in [9.17, 15) is 18.0 Å². The van der Waals surface area contributed by atoms with Gasteiger partial charge in [-0.25, -0.2) is 18.2 Å². The summed E-state index contributed by atoms with van der Waals surface area (Å²) in [5.74, 6) is -1.14. The number of carbonyl (C=O) groups excluding carboxylic acids is 2. The van der Waals surface area contributed by atoms with E-state index in [0.29, 0.717) is 43.2 Å². The Kier molecular flexibility index (Phi) is 6.01. The Balaban J connectivity index is 1.92. The number of rotatable bonds is 6. The van der Waals surface area contributed by atoms with Gasteiger partial charge in [0.25, 0.3) is 11.8 Å². The molecule has 11 heteroatoms. The second kappa shape index (κ2) is 8.31. The average Bonchev–Trinajstić information content (AvgIpc) is 3.07. The van der Waals surface area contributed by atoms with Gasteiger partial charge in [-0.1, -0.05) is 6.07 Å². The maximum Gasteiger partial charge on any atom is 0.274 e. The third-order valence-electron chi connectivity index (χ3n) is 4.63. The minimum atomic E-state index is -3.63. The van der Waals surface area contributed by atoms with E-state index < -0.39 is 15.9 Å². The van der Waals surface area contributed by atoms with E-state index in [1.165, 1.54) is 10.7 Å². The number of hydrogen-bond acceptors (Lipinski definition) is 6. The fourth-order valence-corrected chi connectivity index (χ4v) is 3.65. The van der Waals surface area contributed by atoms with Crippen molar-refractivity contribution in [1.29, 1.82) is 0 Å². The number of nitrogens with two attached hydrogens (primary N) is 2. The lowest BCUT2D eigenvalue weighted by molar-refractivity contribution is 0.0298. The zero-order chi connectivity index (χ0) is 21.2. The Hall–Kier alpha value is -2.76. The number of benzene rings is 1. The van der Waals surface area contributed by atoms with Crippen molar-refractivity contribution in [2.75, 3.05) is 32.1 Å². The predicted molar refractivity (Wildman–Crippen MR) is 105 cm³/mol. The molecule has 0 unspecified atom stereocenters. The van der Waals surface area contributed by atoms with Gasteiger partial charge in [-0.15, -0.1) is 0 Å². The lowest BCUT2D eigenvalue weighted by Crippen LogP contribution is -2.40. The molecule has 1 saturated heterocycles. The van der Waals surface area contributed by atoms with Crippen LogP contribution in [0.3, 0.4) is 0 Å². The normalized spacial score (nSPS) is 14.8. The van der Waals surface area contributed by atoms with Crippen LogP contribution in [-0.4, -0.2) is 67.0 Å². The fraction of sp³-hybridized carbons (Fsp3) is 0.389. The van der Waals surface area contributed by atoms with Crippen LogP contribution in [0.4, 0.5) is 0 Å². The molecule has 0 saturated carbocycles. The summed E-state index contributed by atoms with van der Waals surface area (Å²) < 4.78 is 29.1. The molecule has 1 aromatic heterocycles. The topological polar surface area (TPSA) is 151 Å². The van der Waals surface area contributed by atoms with Gasteiger partial charge in [-0.05, 0) is 37.1 Å². The van der Waals surface area contributed by atoms with Gasteiger partial charge in [0, 0.05) is 18.8 Å². The molecular weight excluding hydrogens is 398 g/mol. The van der Waals surface area contributed by atoms with Crippen molar-refractivity contribution in [3.8, 4) is 5.69 Å². The zero-order valence-electron chi connectivity index (χ0n) is 16.0. The molecule has 1 aliphatic rings. The number of primary amides is 1. The number of aryl methyl sites for hydroxylation is 2. The Morgan fingerprint density at radius 3 is 2.52 bits per heavy atom. The summed E-state index contributed by atoms with van der Waals surface area (Å²) >= 11 is 0. The van der Waals surface area contributed by atoms with E-state index >= 15 is 0 Å². The molecule has 10 nitrogen and oxygen atoms in total. The Morgan fingerprint density at radius 2 is 1.90 bits per heavy atom. The molecule has 3 rings (SSSR count). The van der Waals surface area contributed by atoms with Crippen molar-refractivity contribution < 1.29 is 22.7 Å². The number of aromatic nitrogens is 2. The molecule has 0 radical (unpaired) electrons. The Bertz CT molecular complexity index is 1040. The lowest BCUT2D eigenvalue weighted by Gasteiger charge is -2.25. The molecule has 2 heterocycles. The summed E-state index contributed by atoms with van der Waals surface area (Å²) in [5.41, 5.74) is 7.63. The van der Waals surface area contributed by atoms with Crippen LogP contribution in [0.25, 0.3) is 5.69 Å². The summed E-state index contributed by atoms with van der Waals surface area (Å²) in [5, 5.41) is 9.41. The predicted octanol–water partition coefficient (Wildman–Crippen LogP) is -0.417. The molecule has 0 bridgehead atoms. The van der Waals surface area contributed by atoms with E-state index in [4.69, 9.17) is 15.6 Å². The number of carbonyl (C=O) groups is 2. The van der Waals surface area contributed by atoms with Crippen LogP contribution in [0.2, 0.25) is 0 Å². The summed E-state index contributed by atoms with van der Waals surface area (Å²) in [4.78, 5) is 26.3. The van der Waals surface area contributed by atoms with Crippen molar-refractivity contribution in [2.45, 2.75) is 13.3 Å². The highest BCUT2D eigenvalue weighted by atomic mass is 32.2. The summed E-state index contributed by atoms with van der Waals surface area (Å²) in [6.45, 7) is 3.73. The van der Waals surface area contributed by atoms with Crippen LogP contribution in [0, 0.1) is 6.92 Å². The molecule has 2 amide bonds. The Morgan fingerprint density at radius 1 is 1.21 bits per heavy atom. The maximum atomic E-state index is 12.7. The third-order valence-corrected chi connectivity index (χ3v) is 5.41. The van der Waals surface area contributed by atoms with Crippen molar-refractivity contribution in [1.82, 2.24) is 14.7 Å². The summed E-state index contributed by atoms with van der Waals surface area (Å²) in [6, 6.07) is 6.48. The number of sulfonamides is 1. The molecule has 1 aromatic carbocycles. The van der Waals surface area contributed by atoms with E-state index in [1.54, 1.807) is 30.0 Å². The molecule has 0 atom stereocenters. The van der Waals surface area contributed by atoms with Gasteiger partial charge < -0.3 is 15.4 Å². The standard InChI is InChI=1S/C18H23N5O5S/c1-12-10-15(18(25)22-5-7-28-8-6-22)21-23(12)16-3-2-13(4-9-29(20,26)27)11-14(16)17(19)24/h2-3,10-11H,4-9H2,1H3,(H2,19,24)(H2,20,26,27). The quantitative estimate of drug-likeness (QED) is 0.647. The molecule has 1 aliphatic heterocycles. The van der Waals surface area contributed by atoms with Gasteiger partial charge in [0.1, 0.15) is 0 Å². The SMILES string of the molecule is Cc1cc(C(=O)N2CCOCC2)nn1-c1ccc(CCS(N)(=O)=O)cc1C(N)=O. The maximum absolute atomic E-state index is 12.7. The first kappa shape index (κ1) is 21.0. The fourth-order valence-electron chi connectivity index (χ4n) is 3.13. The van der Waals surface area contributed by atoms with E-state index in [0.717, 1.165) is 0 Å². The highest BCUT2D eigenvalue weighted by Gasteiger charge is 2.23. The number of nitrogens with zero attached hydrogens (tertiary/aromatic N) is 3. The van der Waals surface area contributed by atoms with Gasteiger partial charge in [0.2, 0.25) is 10.0 Å². The highest BCUT2D eigenvalue weighted by Crippen LogP contribution is 2.20. The lowest BCUT2D eigenvalue weighted by atomic mass is 10.1. The number of primary sulfonamides is 1. The van der Waals surface area contributed by atoms with Crippen molar-refractivity contribution in [2.24, 2.45) is 10.9 Å². The first-order valence-corrected chi connectivity index (χ1v) is 10.7. The van der Waals surface area contributed by atoms with Crippen molar-refractivity contribution in [3.63, 3.8) is 0 Å². The molecule has 1 fully saturated rings. The third kappa shape index (κ3) is 5.00. The number of hydrogen-bond donors (Lipinski definition) is 2. The minimum Gasteiger partial charge on any atom is -0.378 e. The monoisotopic (exact) mass is 421 g/mol. The highest BCUT2D eigenvalue weighted by molar-refractivity contribution is 7.89. The van der Waals surface area contributed by atoms with Crippen molar-refractivity contribution in [3.05, 3.63) is 46.8 Å². The second-order valence-electron chi connectivity index (χ2n) is 6.82. The largest absolute Gasteiger partial charge is 0.378 e. The smallest absolute Gasteiger partial charge is 0.274 e. The number of amides is 2. The van der Waals surface area contributed by atoms with Gasteiger partial charge in [0.15, 0.2) is 5.69 Å². The van der Waals surface area contributed by atoms with Crippen LogP contribution in [-0.2, 0) is 21.2 Å². The van der Waals surface area contributed by atoms with Gasteiger partial charge in [-0.3, -0.25) is 9.59 Å². The summed E-state index contributed by atoms with van der Waals surface area (Å²) in [7, 11) is -3.63. The van der Waals surface area contributed by atoms with Crippen LogP contribution < -0.4 is 10.9 Å². The Labute approximate surface area is 168 Å². The molecule has 0 aliphatic carbocycles. The zero-order valence-corrected chi connectivity index (χ0v) is 16.8. The second-order valence-corrected chi connectivity index (χ2v) is 8.55. The first-order valence-electron chi connectivity index (χ1n) is 9.03. The van der Waals surface area contributed by atoms with Crippen LogP contribution >= 0.6 is 0 Å². The first-order chi connectivity index (χ1) is 13.7. The van der Waals surface area contributed by atoms with Gasteiger partial charge >= 0.3 is 0 Å². The summed E-state index contributed by atoms with van der Waals surface area (Å²) in [6.07, 6.45) is 0.151. The molecule has 29 heavy (non-hydrogen) atoms. The van der Waals surface area contributed by atoms with Crippen molar-refractivity contribution >= 4 is 21.8 Å². The molecule has 4 N–H and O–H groups in total. The average molecular weight is 421 g/mol.